The Morgan fingerprint density at radius 3 is 2.47 bits per heavy atom. The van der Waals surface area contributed by atoms with Crippen LogP contribution in [-0.4, -0.2) is 11.9 Å². The van der Waals surface area contributed by atoms with Crippen molar-refractivity contribution in [2.24, 2.45) is 11.7 Å². The fourth-order valence-electron chi connectivity index (χ4n) is 2.85. The van der Waals surface area contributed by atoms with Gasteiger partial charge in [-0.2, -0.15) is 0 Å². The fraction of sp³-hybridized carbons (Fsp3) is 0.562. The summed E-state index contributed by atoms with van der Waals surface area (Å²) >= 11 is 0. The van der Waals surface area contributed by atoms with E-state index in [1.54, 1.807) is 6.92 Å². The summed E-state index contributed by atoms with van der Waals surface area (Å²) in [5, 5.41) is 3.10. The Hall–Kier alpha value is -1.35. The third-order valence-corrected chi connectivity index (χ3v) is 4.31. The first-order valence-electron chi connectivity index (χ1n) is 7.17. The minimum absolute atomic E-state index is 0.0851. The molecule has 1 amide bonds. The summed E-state index contributed by atoms with van der Waals surface area (Å²) in [6.45, 7) is 3.87. The lowest BCUT2D eigenvalue weighted by Crippen LogP contribution is -2.52. The zero-order valence-corrected chi connectivity index (χ0v) is 11.9. The van der Waals surface area contributed by atoms with E-state index in [1.165, 1.54) is 25.7 Å². The molecular formula is C16H24N2O. The molecule has 3 heteroatoms. The van der Waals surface area contributed by atoms with E-state index in [0.717, 1.165) is 5.56 Å². The molecule has 1 aromatic rings. The van der Waals surface area contributed by atoms with Crippen molar-refractivity contribution < 1.29 is 4.79 Å². The largest absolute Gasteiger partial charge is 0.351 e. The van der Waals surface area contributed by atoms with Crippen LogP contribution >= 0.6 is 0 Å². The maximum atomic E-state index is 12.4. The molecule has 0 saturated heterocycles. The van der Waals surface area contributed by atoms with Crippen molar-refractivity contribution in [3.63, 3.8) is 0 Å². The first-order chi connectivity index (χ1) is 9.01. The second-order valence-corrected chi connectivity index (χ2v) is 5.88. The highest BCUT2D eigenvalue weighted by Gasteiger charge is 2.33. The third-order valence-electron chi connectivity index (χ3n) is 4.31. The standard InChI is InChI=1S/C16H24N2O/c1-12(13-8-6-7-9-13)18-15(19)16(2,17)14-10-4-3-5-11-14/h3-5,10-13H,6-9,17H2,1-2H3,(H,18,19)/t12-,16?/m0/s1. The van der Waals surface area contributed by atoms with Gasteiger partial charge >= 0.3 is 0 Å². The minimum Gasteiger partial charge on any atom is -0.351 e. The molecule has 3 N–H and O–H groups in total. The summed E-state index contributed by atoms with van der Waals surface area (Å²) in [6, 6.07) is 9.77. The number of benzene rings is 1. The lowest BCUT2D eigenvalue weighted by atomic mass is 9.91. The van der Waals surface area contributed by atoms with Gasteiger partial charge in [-0.05, 0) is 38.2 Å². The highest BCUT2D eigenvalue weighted by Crippen LogP contribution is 2.28. The average molecular weight is 260 g/mol. The van der Waals surface area contributed by atoms with E-state index >= 15 is 0 Å². The maximum Gasteiger partial charge on any atom is 0.244 e. The molecule has 0 heterocycles. The Labute approximate surface area is 115 Å². The smallest absolute Gasteiger partial charge is 0.244 e. The van der Waals surface area contributed by atoms with Crippen LogP contribution in [0.5, 0.6) is 0 Å². The highest BCUT2D eigenvalue weighted by atomic mass is 16.2. The van der Waals surface area contributed by atoms with Gasteiger partial charge in [0.25, 0.3) is 0 Å². The van der Waals surface area contributed by atoms with E-state index in [1.807, 2.05) is 30.3 Å². The van der Waals surface area contributed by atoms with Gasteiger partial charge in [-0.25, -0.2) is 0 Å². The second kappa shape index (κ2) is 5.74. The van der Waals surface area contributed by atoms with Gasteiger partial charge in [0, 0.05) is 6.04 Å². The minimum atomic E-state index is -0.964. The van der Waals surface area contributed by atoms with Crippen molar-refractivity contribution in [3.8, 4) is 0 Å². The molecule has 19 heavy (non-hydrogen) atoms. The Kier molecular flexibility index (Phi) is 4.25. The molecule has 104 valence electrons. The van der Waals surface area contributed by atoms with Crippen LogP contribution in [0.2, 0.25) is 0 Å². The van der Waals surface area contributed by atoms with Crippen molar-refractivity contribution in [1.29, 1.82) is 0 Å². The lowest BCUT2D eigenvalue weighted by Gasteiger charge is -2.28. The first kappa shape index (κ1) is 14.1. The number of nitrogens with two attached hydrogens (primary N) is 1. The number of amides is 1. The Morgan fingerprint density at radius 1 is 1.32 bits per heavy atom. The summed E-state index contributed by atoms with van der Waals surface area (Å²) < 4.78 is 0. The molecule has 0 spiro atoms. The number of hydrogen-bond donors (Lipinski definition) is 2. The summed E-state index contributed by atoms with van der Waals surface area (Å²) in [4.78, 5) is 12.4. The molecule has 2 rings (SSSR count). The third kappa shape index (κ3) is 3.16. The summed E-state index contributed by atoms with van der Waals surface area (Å²) in [7, 11) is 0. The van der Waals surface area contributed by atoms with Crippen LogP contribution < -0.4 is 11.1 Å². The van der Waals surface area contributed by atoms with E-state index in [4.69, 9.17) is 5.73 Å². The van der Waals surface area contributed by atoms with Crippen molar-refractivity contribution in [2.75, 3.05) is 0 Å². The van der Waals surface area contributed by atoms with E-state index in [9.17, 15) is 4.79 Å². The molecule has 1 aliphatic rings. The topological polar surface area (TPSA) is 55.1 Å². The van der Waals surface area contributed by atoms with Crippen LogP contribution in [0.3, 0.4) is 0 Å². The van der Waals surface area contributed by atoms with Gasteiger partial charge in [0.2, 0.25) is 5.91 Å². The Bertz CT molecular complexity index is 422. The molecule has 1 saturated carbocycles. The van der Waals surface area contributed by atoms with Gasteiger partial charge in [-0.1, -0.05) is 43.2 Å². The summed E-state index contributed by atoms with van der Waals surface area (Å²) in [5.74, 6) is 0.522. The van der Waals surface area contributed by atoms with Gasteiger partial charge in [-0.3, -0.25) is 4.79 Å². The number of rotatable bonds is 4. The first-order valence-corrected chi connectivity index (χ1v) is 7.17. The van der Waals surface area contributed by atoms with Gasteiger partial charge in [0.1, 0.15) is 5.54 Å². The predicted octanol–water partition coefficient (Wildman–Crippen LogP) is 2.56. The molecule has 0 bridgehead atoms. The molecule has 1 aromatic carbocycles. The summed E-state index contributed by atoms with van der Waals surface area (Å²) in [5.41, 5.74) is 6.11. The SMILES string of the molecule is C[C@H](NC(=O)C(C)(N)c1ccccc1)C1CCCC1. The predicted molar refractivity (Wildman–Crippen MR) is 77.5 cm³/mol. The number of hydrogen-bond acceptors (Lipinski definition) is 2. The Morgan fingerprint density at radius 2 is 1.89 bits per heavy atom. The van der Waals surface area contributed by atoms with Crippen LogP contribution in [-0.2, 0) is 10.3 Å². The van der Waals surface area contributed by atoms with Gasteiger partial charge < -0.3 is 11.1 Å². The molecule has 0 aromatic heterocycles. The number of nitrogens with one attached hydrogen (secondary N) is 1. The average Bonchev–Trinajstić information content (AvgIpc) is 2.93. The zero-order valence-electron chi connectivity index (χ0n) is 11.9. The second-order valence-electron chi connectivity index (χ2n) is 5.88. The van der Waals surface area contributed by atoms with Gasteiger partial charge in [0.05, 0.1) is 0 Å². The van der Waals surface area contributed by atoms with E-state index in [-0.39, 0.29) is 11.9 Å². The number of carbonyl (C=O) groups is 1. The van der Waals surface area contributed by atoms with E-state index in [2.05, 4.69) is 12.2 Å². The van der Waals surface area contributed by atoms with Crippen LogP contribution in [0, 0.1) is 5.92 Å². The molecular weight excluding hydrogens is 236 g/mol. The molecule has 1 unspecified atom stereocenters. The highest BCUT2D eigenvalue weighted by molar-refractivity contribution is 5.87. The molecule has 1 aliphatic carbocycles. The zero-order chi connectivity index (χ0) is 13.9. The quantitative estimate of drug-likeness (QED) is 0.874. The van der Waals surface area contributed by atoms with Crippen molar-refractivity contribution in [2.45, 2.75) is 51.1 Å². The summed E-state index contributed by atoms with van der Waals surface area (Å²) in [6.07, 6.45) is 5.00. The van der Waals surface area contributed by atoms with E-state index < -0.39 is 5.54 Å². The fourth-order valence-corrected chi connectivity index (χ4v) is 2.85. The lowest BCUT2D eigenvalue weighted by molar-refractivity contribution is -0.127. The van der Waals surface area contributed by atoms with Crippen molar-refractivity contribution in [1.82, 2.24) is 5.32 Å². The van der Waals surface area contributed by atoms with Crippen LogP contribution in [0.4, 0.5) is 0 Å². The normalized spacial score (nSPS) is 20.8. The molecule has 0 radical (unpaired) electrons. The van der Waals surface area contributed by atoms with Crippen LogP contribution in [0.15, 0.2) is 30.3 Å². The van der Waals surface area contributed by atoms with Gasteiger partial charge in [-0.15, -0.1) is 0 Å². The molecule has 1 fully saturated rings. The van der Waals surface area contributed by atoms with Gasteiger partial charge in [0.15, 0.2) is 0 Å². The number of carbonyl (C=O) groups excluding carboxylic acids is 1. The van der Waals surface area contributed by atoms with Crippen LogP contribution in [0.25, 0.3) is 0 Å². The Balaban J connectivity index is 2.02. The molecule has 0 aliphatic heterocycles. The molecule has 2 atom stereocenters. The monoisotopic (exact) mass is 260 g/mol. The van der Waals surface area contributed by atoms with Crippen LogP contribution in [0.1, 0.15) is 45.1 Å². The van der Waals surface area contributed by atoms with E-state index in [0.29, 0.717) is 5.92 Å². The van der Waals surface area contributed by atoms with Crippen molar-refractivity contribution in [3.05, 3.63) is 35.9 Å². The van der Waals surface area contributed by atoms with Crippen molar-refractivity contribution >= 4 is 5.91 Å². The maximum absolute atomic E-state index is 12.4. The molecule has 3 nitrogen and oxygen atoms in total.